The number of ether oxygens (including phenoxy) is 1. The zero-order valence-electron chi connectivity index (χ0n) is 14.9. The number of unbranched alkanes of at least 4 members (excludes halogenated alkanes) is 1. The van der Waals surface area contributed by atoms with Crippen molar-refractivity contribution in [2.45, 2.75) is 72.6 Å². The van der Waals surface area contributed by atoms with Gasteiger partial charge in [0.25, 0.3) is 0 Å². The molecule has 124 valence electrons. The van der Waals surface area contributed by atoms with Gasteiger partial charge in [-0.2, -0.15) is 0 Å². The predicted molar refractivity (Wildman–Crippen MR) is 89.3 cm³/mol. The second-order valence-electron chi connectivity index (χ2n) is 7.25. The first-order chi connectivity index (χ1) is 10.1. The van der Waals surface area contributed by atoms with Crippen molar-refractivity contribution in [1.29, 1.82) is 0 Å². The molecule has 0 bridgehead atoms. The van der Waals surface area contributed by atoms with E-state index in [0.717, 1.165) is 13.0 Å². The summed E-state index contributed by atoms with van der Waals surface area (Å²) in [6.07, 6.45) is 9.78. The van der Waals surface area contributed by atoms with Crippen molar-refractivity contribution in [3.8, 4) is 0 Å². The van der Waals surface area contributed by atoms with E-state index in [1.165, 1.54) is 44.8 Å². The summed E-state index contributed by atoms with van der Waals surface area (Å²) in [5, 5.41) is 0. The highest BCUT2D eigenvalue weighted by Gasteiger charge is 2.51. The van der Waals surface area contributed by atoms with Crippen molar-refractivity contribution >= 4 is 6.29 Å². The molecule has 4 unspecified atom stereocenters. The minimum Gasteiger partial charge on any atom is -0.384 e. The first-order valence-corrected chi connectivity index (χ1v) is 9.02. The van der Waals surface area contributed by atoms with E-state index in [-0.39, 0.29) is 11.3 Å². The standard InChI is InChI=1S/C19H36O2/c1-6-8-12-17(7-2)18(13-20)19(14-21-5)15(3)10-9-11-16(19)4/h13,15-18H,6-12,14H2,1-5H3. The molecule has 0 spiro atoms. The molecule has 1 aliphatic rings. The predicted octanol–water partition coefficient (Wildman–Crippen LogP) is 5.11. The maximum absolute atomic E-state index is 12.1. The Bertz CT molecular complexity index is 290. The summed E-state index contributed by atoms with van der Waals surface area (Å²) < 4.78 is 5.65. The third-order valence-corrected chi connectivity index (χ3v) is 6.23. The van der Waals surface area contributed by atoms with Crippen molar-refractivity contribution in [3.63, 3.8) is 0 Å². The molecule has 1 aliphatic carbocycles. The number of hydrogen-bond acceptors (Lipinski definition) is 2. The van der Waals surface area contributed by atoms with Gasteiger partial charge in [0, 0.05) is 18.4 Å². The van der Waals surface area contributed by atoms with Gasteiger partial charge in [-0.1, -0.05) is 66.2 Å². The van der Waals surface area contributed by atoms with Crippen LogP contribution in [-0.4, -0.2) is 20.0 Å². The second-order valence-corrected chi connectivity index (χ2v) is 7.25. The molecule has 2 heteroatoms. The van der Waals surface area contributed by atoms with Crippen LogP contribution < -0.4 is 0 Å². The van der Waals surface area contributed by atoms with E-state index in [9.17, 15) is 4.79 Å². The molecule has 0 radical (unpaired) electrons. The molecule has 0 aromatic carbocycles. The molecule has 2 nitrogen and oxygen atoms in total. The molecular formula is C19H36O2. The smallest absolute Gasteiger partial charge is 0.124 e. The summed E-state index contributed by atoms with van der Waals surface area (Å²) >= 11 is 0. The van der Waals surface area contributed by atoms with Gasteiger partial charge in [0.2, 0.25) is 0 Å². The number of methoxy groups -OCH3 is 1. The first-order valence-electron chi connectivity index (χ1n) is 9.02. The molecule has 0 saturated heterocycles. The number of hydrogen-bond donors (Lipinski definition) is 0. The molecule has 1 rings (SSSR count). The summed E-state index contributed by atoms with van der Waals surface area (Å²) in [6, 6.07) is 0. The van der Waals surface area contributed by atoms with Crippen molar-refractivity contribution < 1.29 is 9.53 Å². The molecule has 0 aromatic rings. The van der Waals surface area contributed by atoms with Crippen LogP contribution in [0.1, 0.15) is 72.6 Å². The van der Waals surface area contributed by atoms with E-state index in [0.29, 0.717) is 17.8 Å². The average Bonchev–Trinajstić information content (AvgIpc) is 2.48. The largest absolute Gasteiger partial charge is 0.384 e. The Kier molecular flexibility index (Phi) is 7.94. The van der Waals surface area contributed by atoms with Gasteiger partial charge in [0.05, 0.1) is 6.61 Å². The lowest BCUT2D eigenvalue weighted by Crippen LogP contribution is -2.51. The second kappa shape index (κ2) is 8.92. The van der Waals surface area contributed by atoms with Gasteiger partial charge in [-0.25, -0.2) is 0 Å². The lowest BCUT2D eigenvalue weighted by molar-refractivity contribution is -0.134. The Morgan fingerprint density at radius 2 is 1.86 bits per heavy atom. The maximum atomic E-state index is 12.1. The van der Waals surface area contributed by atoms with Crippen LogP contribution in [0.4, 0.5) is 0 Å². The highest BCUT2D eigenvalue weighted by molar-refractivity contribution is 5.56. The number of aldehydes is 1. The Labute approximate surface area is 132 Å². The summed E-state index contributed by atoms with van der Waals surface area (Å²) in [7, 11) is 1.80. The number of carbonyl (C=O) groups excluding carboxylic acids is 1. The highest BCUT2D eigenvalue weighted by Crippen LogP contribution is 2.53. The van der Waals surface area contributed by atoms with Crippen LogP contribution in [-0.2, 0) is 9.53 Å². The topological polar surface area (TPSA) is 26.3 Å². The fourth-order valence-electron chi connectivity index (χ4n) is 4.82. The van der Waals surface area contributed by atoms with Gasteiger partial charge in [0.1, 0.15) is 6.29 Å². The van der Waals surface area contributed by atoms with E-state index in [2.05, 4.69) is 27.7 Å². The van der Waals surface area contributed by atoms with Gasteiger partial charge in [-0.05, 0) is 24.2 Å². The van der Waals surface area contributed by atoms with E-state index in [4.69, 9.17) is 4.74 Å². The van der Waals surface area contributed by atoms with Gasteiger partial charge in [0.15, 0.2) is 0 Å². The van der Waals surface area contributed by atoms with E-state index < -0.39 is 0 Å². The monoisotopic (exact) mass is 296 g/mol. The Morgan fingerprint density at radius 3 is 2.29 bits per heavy atom. The van der Waals surface area contributed by atoms with Crippen molar-refractivity contribution in [2.24, 2.45) is 29.1 Å². The lowest BCUT2D eigenvalue weighted by Gasteiger charge is -2.52. The van der Waals surface area contributed by atoms with Crippen LogP contribution in [0.2, 0.25) is 0 Å². The molecule has 0 heterocycles. The Hall–Kier alpha value is -0.370. The van der Waals surface area contributed by atoms with Gasteiger partial charge >= 0.3 is 0 Å². The first kappa shape index (κ1) is 18.7. The number of rotatable bonds is 9. The lowest BCUT2D eigenvalue weighted by atomic mass is 9.53. The molecule has 0 amide bonds. The summed E-state index contributed by atoms with van der Waals surface area (Å²) in [4.78, 5) is 12.1. The fraction of sp³-hybridized carbons (Fsp3) is 0.947. The SMILES string of the molecule is CCCCC(CC)C(C=O)C1(COC)C(C)CCCC1C. The molecule has 0 N–H and O–H groups in total. The zero-order valence-corrected chi connectivity index (χ0v) is 14.9. The fourth-order valence-corrected chi connectivity index (χ4v) is 4.82. The molecule has 0 aliphatic heterocycles. The van der Waals surface area contributed by atoms with Gasteiger partial charge in [-0.3, -0.25) is 0 Å². The third kappa shape index (κ3) is 3.88. The third-order valence-electron chi connectivity index (χ3n) is 6.23. The van der Waals surface area contributed by atoms with Crippen LogP contribution >= 0.6 is 0 Å². The molecule has 1 fully saturated rings. The molecular weight excluding hydrogens is 260 g/mol. The molecule has 0 aromatic heterocycles. The van der Waals surface area contributed by atoms with Crippen LogP contribution in [0.5, 0.6) is 0 Å². The van der Waals surface area contributed by atoms with Crippen molar-refractivity contribution in [3.05, 3.63) is 0 Å². The molecule has 1 saturated carbocycles. The maximum Gasteiger partial charge on any atom is 0.124 e. The Morgan fingerprint density at radius 1 is 1.24 bits per heavy atom. The number of carbonyl (C=O) groups is 1. The van der Waals surface area contributed by atoms with E-state index in [1.807, 2.05) is 0 Å². The van der Waals surface area contributed by atoms with Crippen LogP contribution in [0.15, 0.2) is 0 Å². The van der Waals surface area contributed by atoms with Crippen LogP contribution in [0, 0.1) is 29.1 Å². The Balaban J connectivity index is 3.10. The molecule has 4 atom stereocenters. The molecule has 21 heavy (non-hydrogen) atoms. The average molecular weight is 296 g/mol. The van der Waals surface area contributed by atoms with Crippen molar-refractivity contribution in [2.75, 3.05) is 13.7 Å². The van der Waals surface area contributed by atoms with Gasteiger partial charge in [-0.15, -0.1) is 0 Å². The van der Waals surface area contributed by atoms with E-state index >= 15 is 0 Å². The minimum absolute atomic E-state index is 0.0448. The summed E-state index contributed by atoms with van der Waals surface area (Å²) in [6.45, 7) is 9.91. The zero-order chi connectivity index (χ0) is 15.9. The highest BCUT2D eigenvalue weighted by atomic mass is 16.5. The van der Waals surface area contributed by atoms with E-state index in [1.54, 1.807) is 7.11 Å². The minimum atomic E-state index is 0.0448. The quantitative estimate of drug-likeness (QED) is 0.553. The van der Waals surface area contributed by atoms with Gasteiger partial charge < -0.3 is 9.53 Å². The van der Waals surface area contributed by atoms with Crippen LogP contribution in [0.3, 0.4) is 0 Å². The van der Waals surface area contributed by atoms with Crippen LogP contribution in [0.25, 0.3) is 0 Å². The normalized spacial score (nSPS) is 32.6. The summed E-state index contributed by atoms with van der Waals surface area (Å²) in [5.41, 5.74) is 0.0448. The summed E-state index contributed by atoms with van der Waals surface area (Å²) in [5.74, 6) is 1.82. The van der Waals surface area contributed by atoms with Crippen molar-refractivity contribution in [1.82, 2.24) is 0 Å².